The summed E-state index contributed by atoms with van der Waals surface area (Å²) in [5.41, 5.74) is 0. The summed E-state index contributed by atoms with van der Waals surface area (Å²) in [4.78, 5) is 11.6. The van der Waals surface area contributed by atoms with Crippen molar-refractivity contribution in [2.45, 2.75) is 6.04 Å². The molecule has 1 atom stereocenters. The van der Waals surface area contributed by atoms with Crippen LogP contribution in [-0.2, 0) is 4.79 Å². The molecule has 0 spiro atoms. The summed E-state index contributed by atoms with van der Waals surface area (Å²) in [6.45, 7) is 1.03. The Kier molecular flexibility index (Phi) is 6.93. The first-order chi connectivity index (χ1) is 8.36. The van der Waals surface area contributed by atoms with Gasteiger partial charge in [0.2, 0.25) is 5.91 Å². The number of para-hydroxylation sites is 1. The summed E-state index contributed by atoms with van der Waals surface area (Å²) in [6.07, 6.45) is 0. The highest BCUT2D eigenvalue weighted by molar-refractivity contribution is 7.99. The second kappa shape index (κ2) is 8.24. The van der Waals surface area contributed by atoms with Gasteiger partial charge in [0.15, 0.2) is 0 Å². The van der Waals surface area contributed by atoms with Gasteiger partial charge in [-0.3, -0.25) is 10.1 Å². The lowest BCUT2D eigenvalue weighted by molar-refractivity contribution is -0.122. The third-order valence-electron chi connectivity index (χ3n) is 2.45. The lowest BCUT2D eigenvalue weighted by Crippen LogP contribution is -2.43. The first kappa shape index (κ1) is 15.1. The fourth-order valence-corrected chi connectivity index (χ4v) is 2.49. The zero-order valence-corrected chi connectivity index (χ0v) is 11.6. The maximum Gasteiger partial charge on any atom is 0.238 e. The maximum absolute atomic E-state index is 11.6. The molecule has 2 N–H and O–H groups in total. The van der Waals surface area contributed by atoms with Crippen LogP contribution in [0.25, 0.3) is 0 Å². The van der Waals surface area contributed by atoms with E-state index in [0.717, 1.165) is 17.4 Å². The molecule has 1 aromatic carbocycles. The molecule has 1 aliphatic heterocycles. The molecule has 18 heavy (non-hydrogen) atoms. The van der Waals surface area contributed by atoms with E-state index in [2.05, 4.69) is 10.6 Å². The largest absolute Gasteiger partial charge is 0.492 e. The molecule has 1 aromatic rings. The summed E-state index contributed by atoms with van der Waals surface area (Å²) >= 11 is 1.74. The Morgan fingerprint density at radius 1 is 1.44 bits per heavy atom. The molecular formula is C12H17ClN2O2S. The fourth-order valence-electron chi connectivity index (χ4n) is 1.55. The van der Waals surface area contributed by atoms with Gasteiger partial charge in [-0.15, -0.1) is 24.2 Å². The molecule has 0 radical (unpaired) electrons. The highest BCUT2D eigenvalue weighted by Gasteiger charge is 2.21. The molecule has 0 bridgehead atoms. The monoisotopic (exact) mass is 288 g/mol. The van der Waals surface area contributed by atoms with E-state index in [0.29, 0.717) is 13.2 Å². The van der Waals surface area contributed by atoms with Crippen molar-refractivity contribution in [1.82, 2.24) is 10.6 Å². The van der Waals surface area contributed by atoms with Crippen molar-refractivity contribution >= 4 is 30.1 Å². The molecule has 1 fully saturated rings. The van der Waals surface area contributed by atoms with Crippen molar-refractivity contribution in [2.75, 3.05) is 24.8 Å². The first-order valence-electron chi connectivity index (χ1n) is 5.63. The first-order valence-corrected chi connectivity index (χ1v) is 6.78. The molecule has 4 nitrogen and oxygen atoms in total. The average molecular weight is 289 g/mol. The van der Waals surface area contributed by atoms with Crippen LogP contribution < -0.4 is 15.4 Å². The van der Waals surface area contributed by atoms with Gasteiger partial charge in [-0.1, -0.05) is 18.2 Å². The molecule has 1 saturated heterocycles. The number of halogens is 1. The Morgan fingerprint density at radius 3 is 2.89 bits per heavy atom. The van der Waals surface area contributed by atoms with E-state index < -0.39 is 0 Å². The number of carbonyl (C=O) groups excluding carboxylic acids is 1. The van der Waals surface area contributed by atoms with Gasteiger partial charge in [0, 0.05) is 11.6 Å². The normalized spacial score (nSPS) is 17.9. The number of benzene rings is 1. The van der Waals surface area contributed by atoms with Crippen molar-refractivity contribution in [3.05, 3.63) is 30.3 Å². The summed E-state index contributed by atoms with van der Waals surface area (Å²) < 4.78 is 5.48. The molecule has 1 amide bonds. The number of hydrogen-bond acceptors (Lipinski definition) is 4. The Hall–Kier alpha value is -0.910. The van der Waals surface area contributed by atoms with E-state index in [4.69, 9.17) is 4.74 Å². The summed E-state index contributed by atoms with van der Waals surface area (Å²) in [5.74, 6) is 2.60. The van der Waals surface area contributed by atoms with Crippen molar-refractivity contribution in [3.63, 3.8) is 0 Å². The summed E-state index contributed by atoms with van der Waals surface area (Å²) in [5, 5.41) is 5.98. The van der Waals surface area contributed by atoms with Crippen molar-refractivity contribution < 1.29 is 9.53 Å². The quantitative estimate of drug-likeness (QED) is 0.801. The Labute approximate surface area is 117 Å². The van der Waals surface area contributed by atoms with Gasteiger partial charge in [-0.2, -0.15) is 0 Å². The van der Waals surface area contributed by atoms with E-state index in [9.17, 15) is 4.79 Å². The minimum atomic E-state index is -0.0447. The van der Waals surface area contributed by atoms with Crippen LogP contribution in [0.15, 0.2) is 30.3 Å². The predicted molar refractivity (Wildman–Crippen MR) is 76.4 cm³/mol. The lowest BCUT2D eigenvalue weighted by atomic mass is 10.3. The van der Waals surface area contributed by atoms with Gasteiger partial charge in [0.05, 0.1) is 12.6 Å². The second-order valence-electron chi connectivity index (χ2n) is 3.72. The van der Waals surface area contributed by atoms with E-state index >= 15 is 0 Å². The molecule has 0 aliphatic carbocycles. The van der Waals surface area contributed by atoms with Crippen molar-refractivity contribution in [3.8, 4) is 5.75 Å². The number of ether oxygens (including phenoxy) is 1. The maximum atomic E-state index is 11.6. The van der Waals surface area contributed by atoms with Gasteiger partial charge in [-0.05, 0) is 12.1 Å². The molecule has 0 saturated carbocycles. The second-order valence-corrected chi connectivity index (χ2v) is 4.75. The zero-order valence-electron chi connectivity index (χ0n) is 9.93. The molecule has 6 heteroatoms. The highest BCUT2D eigenvalue weighted by Crippen LogP contribution is 2.09. The van der Waals surface area contributed by atoms with Crippen LogP contribution in [0.3, 0.4) is 0 Å². The molecule has 1 unspecified atom stereocenters. The van der Waals surface area contributed by atoms with Gasteiger partial charge >= 0.3 is 0 Å². The summed E-state index contributed by atoms with van der Waals surface area (Å²) in [6, 6.07) is 9.55. The van der Waals surface area contributed by atoms with E-state index in [1.807, 2.05) is 30.3 Å². The van der Waals surface area contributed by atoms with Gasteiger partial charge in [-0.25, -0.2) is 0 Å². The molecular weight excluding hydrogens is 272 g/mol. The molecule has 1 heterocycles. The molecule has 2 rings (SSSR count). The van der Waals surface area contributed by atoms with Crippen LogP contribution in [-0.4, -0.2) is 36.7 Å². The number of amides is 1. The van der Waals surface area contributed by atoms with E-state index in [-0.39, 0.29) is 24.4 Å². The Balaban J connectivity index is 0.00000162. The minimum absolute atomic E-state index is 0. The van der Waals surface area contributed by atoms with Crippen molar-refractivity contribution in [2.24, 2.45) is 0 Å². The van der Waals surface area contributed by atoms with Gasteiger partial charge in [0.25, 0.3) is 0 Å². The standard InChI is InChI=1S/C12H16N2O2S.ClH/c15-12(11-8-17-9-14-11)13-6-7-16-10-4-2-1-3-5-10;/h1-5,11,14H,6-9H2,(H,13,15);1H. The van der Waals surface area contributed by atoms with Gasteiger partial charge < -0.3 is 10.1 Å². The SMILES string of the molecule is Cl.O=C(NCCOc1ccccc1)C1CSCN1. The zero-order chi connectivity index (χ0) is 11.9. The van der Waals surface area contributed by atoms with E-state index in [1.54, 1.807) is 11.8 Å². The topological polar surface area (TPSA) is 50.4 Å². The van der Waals surface area contributed by atoms with Crippen LogP contribution in [0.5, 0.6) is 5.75 Å². The molecule has 100 valence electrons. The fraction of sp³-hybridized carbons (Fsp3) is 0.417. The highest BCUT2D eigenvalue weighted by atomic mass is 35.5. The van der Waals surface area contributed by atoms with E-state index in [1.165, 1.54) is 0 Å². The number of thioether (sulfide) groups is 1. The van der Waals surface area contributed by atoms with Crippen LogP contribution in [0.1, 0.15) is 0 Å². The lowest BCUT2D eigenvalue weighted by Gasteiger charge is -2.11. The number of carbonyl (C=O) groups is 1. The number of rotatable bonds is 5. The van der Waals surface area contributed by atoms with Crippen molar-refractivity contribution in [1.29, 1.82) is 0 Å². The summed E-state index contributed by atoms with van der Waals surface area (Å²) in [7, 11) is 0. The van der Waals surface area contributed by atoms with Crippen LogP contribution >= 0.6 is 24.2 Å². The smallest absolute Gasteiger partial charge is 0.238 e. The molecule has 1 aliphatic rings. The van der Waals surface area contributed by atoms with Crippen LogP contribution in [0.4, 0.5) is 0 Å². The average Bonchev–Trinajstić information content (AvgIpc) is 2.89. The Bertz CT molecular complexity index is 358. The molecule has 0 aromatic heterocycles. The number of hydrogen-bond donors (Lipinski definition) is 2. The third-order valence-corrected chi connectivity index (χ3v) is 3.39. The predicted octanol–water partition coefficient (Wildman–Crippen LogP) is 1.27. The number of nitrogens with one attached hydrogen (secondary N) is 2. The van der Waals surface area contributed by atoms with Crippen LogP contribution in [0.2, 0.25) is 0 Å². The van der Waals surface area contributed by atoms with Gasteiger partial charge in [0.1, 0.15) is 12.4 Å². The Morgan fingerprint density at radius 2 is 2.22 bits per heavy atom. The van der Waals surface area contributed by atoms with Crippen LogP contribution in [0, 0.1) is 0 Å². The minimum Gasteiger partial charge on any atom is -0.492 e. The third kappa shape index (κ3) is 4.76.